The molecular formula is C51H86O10. The van der Waals surface area contributed by atoms with Gasteiger partial charge in [0.1, 0.15) is 31.0 Å². The van der Waals surface area contributed by atoms with E-state index in [1.165, 1.54) is 70.6 Å². The van der Waals surface area contributed by atoms with Crippen molar-refractivity contribution in [2.45, 2.75) is 218 Å². The van der Waals surface area contributed by atoms with Crippen molar-refractivity contribution in [3.05, 3.63) is 72.9 Å². The molecule has 0 spiro atoms. The Morgan fingerprint density at radius 3 is 1.46 bits per heavy atom. The van der Waals surface area contributed by atoms with E-state index >= 15 is 0 Å². The minimum absolute atomic E-state index is 0.193. The lowest BCUT2D eigenvalue weighted by atomic mass is 9.99. The number of hydrogen-bond donors (Lipinski definition) is 4. The van der Waals surface area contributed by atoms with Crippen LogP contribution in [0.25, 0.3) is 0 Å². The first kappa shape index (κ1) is 56.2. The van der Waals surface area contributed by atoms with Crippen molar-refractivity contribution in [3.63, 3.8) is 0 Å². The smallest absolute Gasteiger partial charge is 0.306 e. The second-order valence-corrected chi connectivity index (χ2v) is 16.2. The maximum absolute atomic E-state index is 12.8. The first-order valence-electron chi connectivity index (χ1n) is 24.0. The highest BCUT2D eigenvalue weighted by atomic mass is 16.7. The molecule has 1 heterocycles. The minimum atomic E-state index is -1.61. The highest BCUT2D eigenvalue weighted by Gasteiger charge is 2.44. The molecule has 1 fully saturated rings. The first-order chi connectivity index (χ1) is 29.8. The molecule has 1 rings (SSSR count). The number of esters is 2. The molecule has 6 atom stereocenters. The Morgan fingerprint density at radius 1 is 0.508 bits per heavy atom. The standard InChI is InChI=1S/C51H86O10/c1-3-5-7-9-11-13-15-17-19-20-21-22-23-24-26-27-29-31-33-35-37-39-46(53)58-42-44(43-59-51-50(57)49(56)48(55)45(41-52)61-51)60-47(54)40-38-36-34-32-30-28-25-18-16-14-12-10-8-6-4-2/h12,14,18-20,22-23,25-27,31,33,44-45,48-52,55-57H,3-11,13,15-17,21,24,28-30,32,34-43H2,1-2H3/b14-12+,20-19+,23-22+,25-18+,27-26+,33-31+/t44-,45-,48+,49?,50?,51-/m0/s1. The molecule has 10 heteroatoms. The maximum Gasteiger partial charge on any atom is 0.306 e. The fourth-order valence-electron chi connectivity index (χ4n) is 6.74. The average molecular weight is 859 g/mol. The Morgan fingerprint density at radius 2 is 0.934 bits per heavy atom. The largest absolute Gasteiger partial charge is 0.462 e. The van der Waals surface area contributed by atoms with Gasteiger partial charge in [-0.25, -0.2) is 0 Å². The number of rotatable bonds is 39. The fraction of sp³-hybridized carbons (Fsp3) is 0.725. The van der Waals surface area contributed by atoms with Crippen molar-refractivity contribution in [1.82, 2.24) is 0 Å². The summed E-state index contributed by atoms with van der Waals surface area (Å²) in [5, 5.41) is 40.1. The summed E-state index contributed by atoms with van der Waals surface area (Å²) in [6.07, 6.45) is 44.8. The molecular weight excluding hydrogens is 773 g/mol. The van der Waals surface area contributed by atoms with E-state index in [2.05, 4.69) is 86.8 Å². The molecule has 350 valence electrons. The van der Waals surface area contributed by atoms with Gasteiger partial charge in [-0.2, -0.15) is 0 Å². The highest BCUT2D eigenvalue weighted by Crippen LogP contribution is 2.22. The Balaban J connectivity index is 2.36. The molecule has 1 aliphatic heterocycles. The van der Waals surface area contributed by atoms with Gasteiger partial charge in [-0.05, 0) is 83.5 Å². The van der Waals surface area contributed by atoms with Gasteiger partial charge in [0.2, 0.25) is 0 Å². The van der Waals surface area contributed by atoms with E-state index in [1.807, 2.05) is 0 Å². The van der Waals surface area contributed by atoms with Gasteiger partial charge >= 0.3 is 11.9 Å². The van der Waals surface area contributed by atoms with Crippen molar-refractivity contribution in [2.24, 2.45) is 0 Å². The van der Waals surface area contributed by atoms with Crippen LogP contribution in [-0.2, 0) is 28.5 Å². The summed E-state index contributed by atoms with van der Waals surface area (Å²) >= 11 is 0. The number of ether oxygens (including phenoxy) is 4. The van der Waals surface area contributed by atoms with Crippen LogP contribution in [0.2, 0.25) is 0 Å². The highest BCUT2D eigenvalue weighted by molar-refractivity contribution is 5.70. The maximum atomic E-state index is 12.8. The van der Waals surface area contributed by atoms with Crippen molar-refractivity contribution in [3.8, 4) is 0 Å². The predicted molar refractivity (Wildman–Crippen MR) is 247 cm³/mol. The molecule has 0 aromatic carbocycles. The van der Waals surface area contributed by atoms with Gasteiger partial charge in [-0.15, -0.1) is 0 Å². The van der Waals surface area contributed by atoms with Gasteiger partial charge in [0.15, 0.2) is 12.4 Å². The molecule has 0 saturated carbocycles. The first-order valence-corrected chi connectivity index (χ1v) is 24.0. The summed E-state index contributed by atoms with van der Waals surface area (Å²) in [4.78, 5) is 25.3. The normalized spacial score (nSPS) is 20.4. The molecule has 0 aromatic rings. The zero-order chi connectivity index (χ0) is 44.4. The van der Waals surface area contributed by atoms with E-state index < -0.39 is 55.4 Å². The minimum Gasteiger partial charge on any atom is -0.462 e. The third-order valence-electron chi connectivity index (χ3n) is 10.6. The predicted octanol–water partition coefficient (Wildman–Crippen LogP) is 10.8. The third-order valence-corrected chi connectivity index (χ3v) is 10.6. The van der Waals surface area contributed by atoms with Crippen LogP contribution in [0.5, 0.6) is 0 Å². The molecule has 0 amide bonds. The number of carbonyl (C=O) groups excluding carboxylic acids is 2. The van der Waals surface area contributed by atoms with Gasteiger partial charge in [0.05, 0.1) is 13.2 Å². The lowest BCUT2D eigenvalue weighted by Gasteiger charge is -2.39. The number of aliphatic hydroxyl groups excluding tert-OH is 4. The summed E-state index contributed by atoms with van der Waals surface area (Å²) < 4.78 is 22.1. The second kappa shape index (κ2) is 41.2. The van der Waals surface area contributed by atoms with E-state index in [1.54, 1.807) is 0 Å². The van der Waals surface area contributed by atoms with Crippen LogP contribution in [0.1, 0.15) is 181 Å². The van der Waals surface area contributed by atoms with E-state index in [0.29, 0.717) is 12.8 Å². The molecule has 1 aliphatic rings. The van der Waals surface area contributed by atoms with Crippen molar-refractivity contribution >= 4 is 11.9 Å². The van der Waals surface area contributed by atoms with Gasteiger partial charge in [0.25, 0.3) is 0 Å². The molecule has 0 bridgehead atoms. The number of hydrogen-bond acceptors (Lipinski definition) is 10. The summed E-state index contributed by atoms with van der Waals surface area (Å²) in [5.74, 6) is -0.892. The van der Waals surface area contributed by atoms with Crippen LogP contribution in [0, 0.1) is 0 Å². The number of unbranched alkanes of at least 4 members (excludes halogenated alkanes) is 16. The molecule has 10 nitrogen and oxygen atoms in total. The van der Waals surface area contributed by atoms with Crippen LogP contribution in [0.3, 0.4) is 0 Å². The summed E-state index contributed by atoms with van der Waals surface area (Å²) in [6, 6.07) is 0. The lowest BCUT2D eigenvalue weighted by molar-refractivity contribution is -0.305. The van der Waals surface area contributed by atoms with Crippen LogP contribution in [0.4, 0.5) is 0 Å². The van der Waals surface area contributed by atoms with E-state index in [9.17, 15) is 30.0 Å². The lowest BCUT2D eigenvalue weighted by Crippen LogP contribution is -2.59. The van der Waals surface area contributed by atoms with Crippen LogP contribution < -0.4 is 0 Å². The molecule has 4 N–H and O–H groups in total. The molecule has 0 aliphatic carbocycles. The summed E-state index contributed by atoms with van der Waals surface area (Å²) in [7, 11) is 0. The van der Waals surface area contributed by atoms with Gasteiger partial charge in [0, 0.05) is 12.8 Å². The summed E-state index contributed by atoms with van der Waals surface area (Å²) in [5.41, 5.74) is 0. The SMILES string of the molecule is CCCCC/C=C/C/C=C/CCCCCCCC(=O)O[C@@H](COC(=O)CCC/C=C/C/C=C/C/C=C/C/C=C/CCCCCCCCC)CO[C@H]1O[C@@H](CO)[C@@H](O)C(O)C1O. The van der Waals surface area contributed by atoms with Crippen LogP contribution >= 0.6 is 0 Å². The number of carbonyl (C=O) groups is 2. The zero-order valence-corrected chi connectivity index (χ0v) is 38.1. The number of allylic oxidation sites excluding steroid dienone is 12. The number of aliphatic hydroxyl groups is 4. The van der Waals surface area contributed by atoms with E-state index in [-0.39, 0.29) is 26.1 Å². The van der Waals surface area contributed by atoms with Crippen molar-refractivity contribution in [1.29, 1.82) is 0 Å². The Kier molecular flexibility index (Phi) is 37.9. The van der Waals surface area contributed by atoms with E-state index in [0.717, 1.165) is 70.6 Å². The van der Waals surface area contributed by atoms with Gasteiger partial charge in [-0.3, -0.25) is 9.59 Å². The zero-order valence-electron chi connectivity index (χ0n) is 38.1. The van der Waals surface area contributed by atoms with Crippen molar-refractivity contribution in [2.75, 3.05) is 19.8 Å². The van der Waals surface area contributed by atoms with Crippen molar-refractivity contribution < 1.29 is 49.0 Å². The Hall–Kier alpha value is -2.86. The third kappa shape index (κ3) is 32.5. The Labute approximate surface area is 370 Å². The van der Waals surface area contributed by atoms with Gasteiger partial charge < -0.3 is 39.4 Å². The van der Waals surface area contributed by atoms with E-state index in [4.69, 9.17) is 18.9 Å². The van der Waals surface area contributed by atoms with Crippen LogP contribution in [-0.4, -0.2) is 89.0 Å². The summed E-state index contributed by atoms with van der Waals surface area (Å²) in [6.45, 7) is 3.32. The fourth-order valence-corrected chi connectivity index (χ4v) is 6.74. The average Bonchev–Trinajstić information content (AvgIpc) is 3.26. The van der Waals surface area contributed by atoms with Crippen LogP contribution in [0.15, 0.2) is 72.9 Å². The molecule has 1 saturated heterocycles. The quantitative estimate of drug-likeness (QED) is 0.0267. The molecule has 61 heavy (non-hydrogen) atoms. The topological polar surface area (TPSA) is 152 Å². The second-order valence-electron chi connectivity index (χ2n) is 16.2. The monoisotopic (exact) mass is 859 g/mol. The molecule has 0 aromatic heterocycles. The van der Waals surface area contributed by atoms with Gasteiger partial charge in [-0.1, -0.05) is 157 Å². The Bertz CT molecular complexity index is 1220. The molecule has 0 radical (unpaired) electrons. The molecule has 2 unspecified atom stereocenters.